The van der Waals surface area contributed by atoms with E-state index in [0.29, 0.717) is 10.5 Å². The van der Waals surface area contributed by atoms with Crippen LogP contribution in [0.1, 0.15) is 20.3 Å². The van der Waals surface area contributed by atoms with Gasteiger partial charge < -0.3 is 4.55 Å². The Morgan fingerprint density at radius 1 is 1.43 bits per heavy atom. The highest BCUT2D eigenvalue weighted by Crippen LogP contribution is 2.27. The third-order valence-corrected chi connectivity index (χ3v) is 3.43. The molecule has 1 heterocycles. The van der Waals surface area contributed by atoms with Crippen molar-refractivity contribution < 1.29 is 4.55 Å². The lowest BCUT2D eigenvalue weighted by atomic mass is 10.2. The predicted molar refractivity (Wildman–Crippen MR) is 31.7 cm³/mol. The van der Waals surface area contributed by atoms with Crippen LogP contribution in [-0.4, -0.2) is 15.1 Å². The first-order valence-corrected chi connectivity index (χ1v) is 3.89. The van der Waals surface area contributed by atoms with Gasteiger partial charge in [-0.2, -0.15) is 0 Å². The topological polar surface area (TPSA) is 23.1 Å². The molecule has 7 heavy (non-hydrogen) atoms. The van der Waals surface area contributed by atoms with Crippen molar-refractivity contribution in [2.45, 2.75) is 30.8 Å². The van der Waals surface area contributed by atoms with Gasteiger partial charge in [-0.15, -0.1) is 0 Å². The number of hydrogen-bond acceptors (Lipinski definition) is 1. The molecule has 1 rings (SSSR count). The average molecular weight is 118 g/mol. The minimum absolute atomic E-state index is 0.481. The molecule has 0 aromatic heterocycles. The van der Waals surface area contributed by atoms with Gasteiger partial charge in [0.05, 0.1) is 0 Å². The molecule has 0 spiro atoms. The van der Waals surface area contributed by atoms with Crippen LogP contribution in [0.2, 0.25) is 0 Å². The highest BCUT2D eigenvalue weighted by atomic mass is 32.2. The fraction of sp³-hybridized carbons (Fsp3) is 1.00. The van der Waals surface area contributed by atoms with Gasteiger partial charge >= 0.3 is 0 Å². The van der Waals surface area contributed by atoms with Crippen LogP contribution in [0, 0.1) is 0 Å². The second kappa shape index (κ2) is 1.67. The summed E-state index contributed by atoms with van der Waals surface area (Å²) in [5.74, 6) is 0. The standard InChI is InChI=1S/C5H10OS/c1-4-3-5(2)7(4)6/h4-5H,3H2,1-2H3. The van der Waals surface area contributed by atoms with E-state index in [-0.39, 0.29) is 0 Å². The molecule has 1 aliphatic rings. The molecule has 0 aromatic rings. The van der Waals surface area contributed by atoms with Gasteiger partial charge in [-0.3, -0.25) is 0 Å². The maximum Gasteiger partial charge on any atom is 0.117 e. The second-order valence-corrected chi connectivity index (χ2v) is 4.45. The zero-order valence-corrected chi connectivity index (χ0v) is 5.49. The van der Waals surface area contributed by atoms with E-state index < -0.39 is 11.2 Å². The van der Waals surface area contributed by atoms with Gasteiger partial charge in [0.25, 0.3) is 0 Å². The third kappa shape index (κ3) is 0.774. The molecule has 0 bridgehead atoms. The molecule has 0 aromatic carbocycles. The molecule has 1 saturated heterocycles. The maximum atomic E-state index is 10.7. The van der Waals surface area contributed by atoms with E-state index in [9.17, 15) is 4.55 Å². The van der Waals surface area contributed by atoms with Gasteiger partial charge in [0.15, 0.2) is 0 Å². The monoisotopic (exact) mass is 118 g/mol. The zero-order chi connectivity index (χ0) is 5.44. The third-order valence-electron chi connectivity index (χ3n) is 1.46. The molecule has 0 saturated carbocycles. The van der Waals surface area contributed by atoms with Crippen molar-refractivity contribution in [3.05, 3.63) is 0 Å². The van der Waals surface area contributed by atoms with Gasteiger partial charge in [0.1, 0.15) is 10.5 Å². The van der Waals surface area contributed by atoms with Crippen molar-refractivity contribution in [3.63, 3.8) is 0 Å². The van der Waals surface area contributed by atoms with E-state index in [1.54, 1.807) is 0 Å². The fourth-order valence-corrected chi connectivity index (χ4v) is 2.32. The summed E-state index contributed by atoms with van der Waals surface area (Å²) in [6, 6.07) is 0. The first-order chi connectivity index (χ1) is 3.22. The van der Waals surface area contributed by atoms with Gasteiger partial charge in [-0.1, -0.05) is 0 Å². The smallest absolute Gasteiger partial charge is 0.117 e. The maximum absolute atomic E-state index is 10.7. The van der Waals surface area contributed by atoms with E-state index >= 15 is 0 Å². The van der Waals surface area contributed by atoms with Crippen LogP contribution < -0.4 is 0 Å². The Kier molecular flexibility index (Phi) is 1.30. The quantitative estimate of drug-likeness (QED) is 0.434. The summed E-state index contributed by atoms with van der Waals surface area (Å²) in [6.45, 7) is 4.08. The van der Waals surface area contributed by atoms with Crippen molar-refractivity contribution in [2.75, 3.05) is 0 Å². The minimum Gasteiger partial charge on any atom is -0.616 e. The highest BCUT2D eigenvalue weighted by Gasteiger charge is 2.37. The molecule has 1 nitrogen and oxygen atoms in total. The van der Waals surface area contributed by atoms with Crippen LogP contribution in [0.5, 0.6) is 0 Å². The van der Waals surface area contributed by atoms with E-state index in [1.165, 1.54) is 0 Å². The first-order valence-electron chi connectivity index (χ1n) is 2.61. The van der Waals surface area contributed by atoms with Crippen molar-refractivity contribution in [2.24, 2.45) is 0 Å². The van der Waals surface area contributed by atoms with Crippen LogP contribution in [0.15, 0.2) is 0 Å². The first kappa shape index (κ1) is 5.45. The number of hydrogen-bond donors (Lipinski definition) is 0. The molecule has 0 aliphatic carbocycles. The molecule has 1 aliphatic heterocycles. The Morgan fingerprint density at radius 3 is 1.86 bits per heavy atom. The molecular formula is C5H10OS. The summed E-state index contributed by atoms with van der Waals surface area (Å²) in [4.78, 5) is 0. The van der Waals surface area contributed by atoms with E-state index in [0.717, 1.165) is 6.42 Å². The summed E-state index contributed by atoms with van der Waals surface area (Å²) in [7, 11) is 0. The Morgan fingerprint density at radius 2 is 1.86 bits per heavy atom. The Labute approximate surface area is 47.3 Å². The average Bonchev–Trinajstić information content (AvgIpc) is 1.68. The second-order valence-electron chi connectivity index (χ2n) is 2.19. The Bertz CT molecular complexity index is 66.5. The molecular weight excluding hydrogens is 108 g/mol. The van der Waals surface area contributed by atoms with E-state index in [1.807, 2.05) is 13.8 Å². The molecule has 0 amide bonds. The van der Waals surface area contributed by atoms with Crippen LogP contribution in [0.3, 0.4) is 0 Å². The zero-order valence-electron chi connectivity index (χ0n) is 4.68. The molecule has 2 heteroatoms. The van der Waals surface area contributed by atoms with Crippen LogP contribution >= 0.6 is 0 Å². The lowest BCUT2D eigenvalue weighted by Crippen LogP contribution is -2.41. The molecule has 0 N–H and O–H groups in total. The van der Waals surface area contributed by atoms with Gasteiger partial charge in [0.2, 0.25) is 0 Å². The van der Waals surface area contributed by atoms with Crippen molar-refractivity contribution in [1.82, 2.24) is 0 Å². The normalized spacial score (nSPS) is 51.0. The Hall–Kier alpha value is 0.310. The summed E-state index contributed by atoms with van der Waals surface area (Å²) >= 11 is -0.481. The van der Waals surface area contributed by atoms with Crippen LogP contribution in [0.4, 0.5) is 0 Å². The van der Waals surface area contributed by atoms with Crippen molar-refractivity contribution >= 4 is 11.2 Å². The molecule has 0 radical (unpaired) electrons. The lowest BCUT2D eigenvalue weighted by molar-refractivity contribution is 0.524. The van der Waals surface area contributed by atoms with E-state index in [4.69, 9.17) is 0 Å². The summed E-state index contributed by atoms with van der Waals surface area (Å²) in [5.41, 5.74) is 0. The van der Waals surface area contributed by atoms with E-state index in [2.05, 4.69) is 0 Å². The molecule has 2 unspecified atom stereocenters. The van der Waals surface area contributed by atoms with Gasteiger partial charge in [-0.05, 0) is 25.0 Å². The SMILES string of the molecule is CC1CC(C)[S+]1[O-]. The summed E-state index contributed by atoms with van der Waals surface area (Å²) in [6.07, 6.45) is 1.16. The minimum atomic E-state index is -0.481. The predicted octanol–water partition coefficient (Wildman–Crippen LogP) is 0.916. The molecule has 1 fully saturated rings. The lowest BCUT2D eigenvalue weighted by Gasteiger charge is -2.33. The van der Waals surface area contributed by atoms with Crippen LogP contribution in [-0.2, 0) is 11.2 Å². The Balaban J connectivity index is 2.29. The summed E-state index contributed by atoms with van der Waals surface area (Å²) in [5, 5.41) is 0.963. The largest absolute Gasteiger partial charge is 0.616 e. The van der Waals surface area contributed by atoms with Crippen molar-refractivity contribution in [1.29, 1.82) is 0 Å². The van der Waals surface area contributed by atoms with Crippen LogP contribution in [0.25, 0.3) is 0 Å². The van der Waals surface area contributed by atoms with Gasteiger partial charge in [0, 0.05) is 6.42 Å². The van der Waals surface area contributed by atoms with Crippen molar-refractivity contribution in [3.8, 4) is 0 Å². The molecule has 2 atom stereocenters. The molecule has 42 valence electrons. The fourth-order valence-electron chi connectivity index (χ4n) is 0.931. The number of rotatable bonds is 0. The summed E-state index contributed by atoms with van der Waals surface area (Å²) < 4.78 is 10.7. The highest BCUT2D eigenvalue weighted by molar-refractivity contribution is 7.94. The van der Waals surface area contributed by atoms with Gasteiger partial charge in [-0.25, -0.2) is 0 Å².